The van der Waals surface area contributed by atoms with E-state index in [0.29, 0.717) is 22.6 Å². The van der Waals surface area contributed by atoms with Crippen LogP contribution in [-0.4, -0.2) is 29.3 Å². The quantitative estimate of drug-likeness (QED) is 0.488. The van der Waals surface area contributed by atoms with E-state index in [4.69, 9.17) is 4.74 Å². The summed E-state index contributed by atoms with van der Waals surface area (Å²) < 4.78 is 21.1. The number of ether oxygens (including phenoxy) is 1. The van der Waals surface area contributed by atoms with E-state index in [1.165, 1.54) is 29.5 Å². The van der Waals surface area contributed by atoms with Gasteiger partial charge >= 0.3 is 0 Å². The molecule has 1 aromatic heterocycles. The molecule has 0 fully saturated rings. The Hall–Kier alpha value is -3.58. The number of hydrogen-bond donors (Lipinski definition) is 3. The lowest BCUT2D eigenvalue weighted by Gasteiger charge is -2.18. The molecule has 4 rings (SSSR count). The molecule has 0 saturated carbocycles. The first-order chi connectivity index (χ1) is 14.9. The van der Waals surface area contributed by atoms with Gasteiger partial charge in [0.1, 0.15) is 17.6 Å². The number of likely N-dealkylation sites (N-methyl/N-ethyl adjacent to an activating group) is 1. The number of rotatable bonds is 5. The molecule has 1 aliphatic carbocycles. The second-order valence-electron chi connectivity index (χ2n) is 7.01. The molecule has 3 aromatic rings. The van der Waals surface area contributed by atoms with Gasteiger partial charge in [-0.05, 0) is 59.7 Å². The molecular weight excluding hydrogens is 417 g/mol. The molecule has 1 unspecified atom stereocenters. The summed E-state index contributed by atoms with van der Waals surface area (Å²) >= 11 is 1.38. The zero-order chi connectivity index (χ0) is 22.0. The number of benzene rings is 2. The first-order valence-corrected chi connectivity index (χ1v) is 10.5. The van der Waals surface area contributed by atoms with E-state index in [1.54, 1.807) is 37.4 Å². The summed E-state index contributed by atoms with van der Waals surface area (Å²) in [6.45, 7) is 0. The van der Waals surface area contributed by atoms with Crippen LogP contribution in [0, 0.1) is 5.82 Å². The fourth-order valence-corrected chi connectivity index (χ4v) is 4.42. The topological polar surface area (TPSA) is 78.8 Å². The molecule has 1 aliphatic rings. The molecule has 0 saturated heterocycles. The second kappa shape index (κ2) is 8.65. The number of phenols is 2. The standard InChI is InChI=1S/C24H20FNO4S/c1-26-22(29)11-4-14-2-7-17(8-3-14)30-23-18-9-6-16(27)13-21(18)31-24(23)15-5-10-20(28)19(25)12-15/h2-7,9-13,17,27-28H,8H2,1H3,(H,26,29)/b11-4+. The Kier molecular flexibility index (Phi) is 5.77. The van der Waals surface area contributed by atoms with E-state index in [0.717, 1.165) is 15.7 Å². The maximum atomic E-state index is 14.0. The Morgan fingerprint density at radius 2 is 2.10 bits per heavy atom. The number of carbonyl (C=O) groups excluding carboxylic acids is 1. The minimum atomic E-state index is -0.711. The average Bonchev–Trinajstić information content (AvgIpc) is 3.12. The summed E-state index contributed by atoms with van der Waals surface area (Å²) in [4.78, 5) is 12.1. The Morgan fingerprint density at radius 3 is 2.81 bits per heavy atom. The third-order valence-corrected chi connectivity index (χ3v) is 6.05. The maximum Gasteiger partial charge on any atom is 0.243 e. The monoisotopic (exact) mass is 437 g/mol. The number of fused-ring (bicyclic) bond motifs is 1. The van der Waals surface area contributed by atoms with E-state index < -0.39 is 11.6 Å². The van der Waals surface area contributed by atoms with Crippen molar-refractivity contribution in [3.63, 3.8) is 0 Å². The van der Waals surface area contributed by atoms with Crippen LogP contribution < -0.4 is 10.1 Å². The molecule has 31 heavy (non-hydrogen) atoms. The summed E-state index contributed by atoms with van der Waals surface area (Å²) in [6.07, 6.45) is 9.33. The molecule has 5 nitrogen and oxygen atoms in total. The molecule has 2 aromatic carbocycles. The minimum absolute atomic E-state index is 0.136. The molecule has 0 radical (unpaired) electrons. The van der Waals surface area contributed by atoms with E-state index in [1.807, 2.05) is 18.2 Å². The number of phenolic OH excluding ortho intramolecular Hbond substituents is 2. The Morgan fingerprint density at radius 1 is 1.26 bits per heavy atom. The van der Waals surface area contributed by atoms with E-state index in [9.17, 15) is 19.4 Å². The molecule has 0 spiro atoms. The summed E-state index contributed by atoms with van der Waals surface area (Å²) in [5.74, 6) is -0.569. The third-order valence-electron chi connectivity index (χ3n) is 4.87. The van der Waals surface area contributed by atoms with Gasteiger partial charge in [-0.25, -0.2) is 4.39 Å². The lowest BCUT2D eigenvalue weighted by Crippen LogP contribution is -2.15. The van der Waals surface area contributed by atoms with Gasteiger partial charge < -0.3 is 20.3 Å². The van der Waals surface area contributed by atoms with Crippen molar-refractivity contribution in [2.45, 2.75) is 12.5 Å². The van der Waals surface area contributed by atoms with Crippen molar-refractivity contribution in [3.05, 3.63) is 78.2 Å². The summed E-state index contributed by atoms with van der Waals surface area (Å²) in [5.41, 5.74) is 1.49. The molecule has 0 bridgehead atoms. The number of nitrogens with one attached hydrogen (secondary N) is 1. The van der Waals surface area contributed by atoms with Gasteiger partial charge in [-0.3, -0.25) is 4.79 Å². The number of aromatic hydroxyl groups is 2. The predicted molar refractivity (Wildman–Crippen MR) is 120 cm³/mol. The number of thiophene rings is 1. The summed E-state index contributed by atoms with van der Waals surface area (Å²) in [7, 11) is 1.57. The van der Waals surface area contributed by atoms with Crippen molar-refractivity contribution < 1.29 is 24.1 Å². The van der Waals surface area contributed by atoms with E-state index in [-0.39, 0.29) is 17.8 Å². The zero-order valence-corrected chi connectivity index (χ0v) is 17.4. The Bertz CT molecular complexity index is 1240. The smallest absolute Gasteiger partial charge is 0.243 e. The van der Waals surface area contributed by atoms with Gasteiger partial charge in [0.25, 0.3) is 0 Å². The molecule has 1 heterocycles. The Labute approximate surface area is 182 Å². The molecule has 1 amide bonds. The normalized spacial score (nSPS) is 15.9. The number of allylic oxidation sites excluding steroid dienone is 3. The van der Waals surface area contributed by atoms with Crippen LogP contribution in [-0.2, 0) is 4.79 Å². The van der Waals surface area contributed by atoms with Crippen LogP contribution in [0.1, 0.15) is 6.42 Å². The van der Waals surface area contributed by atoms with E-state index >= 15 is 0 Å². The van der Waals surface area contributed by atoms with Crippen LogP contribution in [0.15, 0.2) is 72.4 Å². The largest absolute Gasteiger partial charge is 0.508 e. The maximum absolute atomic E-state index is 14.0. The molecule has 158 valence electrons. The zero-order valence-electron chi connectivity index (χ0n) is 16.6. The van der Waals surface area contributed by atoms with Crippen LogP contribution in [0.5, 0.6) is 17.2 Å². The number of hydrogen-bond acceptors (Lipinski definition) is 5. The average molecular weight is 437 g/mol. The van der Waals surface area contributed by atoms with Gasteiger partial charge in [-0.1, -0.05) is 12.2 Å². The lowest BCUT2D eigenvalue weighted by atomic mass is 10.0. The highest BCUT2D eigenvalue weighted by Crippen LogP contribution is 2.46. The molecule has 7 heteroatoms. The predicted octanol–water partition coefficient (Wildman–Crippen LogP) is 5.05. The highest BCUT2D eigenvalue weighted by Gasteiger charge is 2.20. The molecule has 1 atom stereocenters. The molecule has 0 aliphatic heterocycles. The number of carbonyl (C=O) groups is 1. The fraction of sp³-hybridized carbons (Fsp3) is 0.125. The highest BCUT2D eigenvalue weighted by molar-refractivity contribution is 7.22. The van der Waals surface area contributed by atoms with Gasteiger partial charge in [0.2, 0.25) is 5.91 Å². The van der Waals surface area contributed by atoms with Gasteiger partial charge in [0, 0.05) is 29.6 Å². The first kappa shape index (κ1) is 20.7. The second-order valence-corrected chi connectivity index (χ2v) is 8.06. The SMILES string of the molecule is CNC(=O)/C=C/C1=CCC(Oc2c(-c3ccc(O)c(F)c3)sc3cc(O)ccc23)C=C1. The van der Waals surface area contributed by atoms with Crippen molar-refractivity contribution in [2.24, 2.45) is 0 Å². The van der Waals surface area contributed by atoms with Gasteiger partial charge in [0.15, 0.2) is 11.6 Å². The van der Waals surface area contributed by atoms with Gasteiger partial charge in [-0.15, -0.1) is 11.3 Å². The fourth-order valence-electron chi connectivity index (χ4n) is 3.25. The van der Waals surface area contributed by atoms with Crippen molar-refractivity contribution in [1.82, 2.24) is 5.32 Å². The van der Waals surface area contributed by atoms with E-state index in [2.05, 4.69) is 5.32 Å². The van der Waals surface area contributed by atoms with Crippen LogP contribution >= 0.6 is 11.3 Å². The van der Waals surface area contributed by atoms with Crippen LogP contribution in [0.3, 0.4) is 0 Å². The van der Waals surface area contributed by atoms with Crippen molar-refractivity contribution in [1.29, 1.82) is 0 Å². The Balaban J connectivity index is 1.65. The molecule has 3 N–H and O–H groups in total. The number of halogens is 1. The van der Waals surface area contributed by atoms with Crippen molar-refractivity contribution in [3.8, 4) is 27.7 Å². The van der Waals surface area contributed by atoms with Crippen LogP contribution in [0.2, 0.25) is 0 Å². The van der Waals surface area contributed by atoms with Crippen molar-refractivity contribution in [2.75, 3.05) is 7.05 Å². The van der Waals surface area contributed by atoms with Crippen molar-refractivity contribution >= 4 is 27.3 Å². The highest BCUT2D eigenvalue weighted by atomic mass is 32.1. The summed E-state index contributed by atoms with van der Waals surface area (Å²) in [5, 5.41) is 22.7. The first-order valence-electron chi connectivity index (χ1n) is 9.64. The van der Waals surface area contributed by atoms with Gasteiger partial charge in [0.05, 0.1) is 4.88 Å². The lowest BCUT2D eigenvalue weighted by molar-refractivity contribution is -0.116. The van der Waals surface area contributed by atoms with Gasteiger partial charge in [-0.2, -0.15) is 0 Å². The summed E-state index contributed by atoms with van der Waals surface area (Å²) in [6, 6.07) is 9.22. The van der Waals surface area contributed by atoms with Crippen LogP contribution in [0.4, 0.5) is 4.39 Å². The van der Waals surface area contributed by atoms with Crippen LogP contribution in [0.25, 0.3) is 20.5 Å². The number of amides is 1. The minimum Gasteiger partial charge on any atom is -0.508 e. The third kappa shape index (κ3) is 4.46. The molecular formula is C24H20FNO4S.